The second-order valence-electron chi connectivity index (χ2n) is 8.19. The first-order chi connectivity index (χ1) is 16.9. The lowest BCUT2D eigenvalue weighted by atomic mass is 10.0. The number of methoxy groups -OCH3 is 1. The van der Waals surface area contributed by atoms with E-state index < -0.39 is 5.82 Å². The predicted molar refractivity (Wildman–Crippen MR) is 139 cm³/mol. The number of nitriles is 1. The first kappa shape index (κ1) is 28.0. The lowest BCUT2D eigenvalue weighted by Crippen LogP contribution is -2.37. The van der Waals surface area contributed by atoms with Gasteiger partial charge in [-0.3, -0.25) is 9.80 Å². The molecule has 0 aromatic heterocycles. The van der Waals surface area contributed by atoms with Crippen LogP contribution in [0.15, 0.2) is 48.5 Å². The number of nitrogens with zero attached hydrogens (tertiary/aromatic N) is 3. The number of ketones is 1. The summed E-state index contributed by atoms with van der Waals surface area (Å²) in [4.78, 5) is 11.0. The molecule has 7 heteroatoms. The summed E-state index contributed by atoms with van der Waals surface area (Å²) >= 11 is 0. The normalized spacial score (nSPS) is 19.0. The highest BCUT2D eigenvalue weighted by atomic mass is 19.1. The average Bonchev–Trinajstić information content (AvgIpc) is 3.54. The van der Waals surface area contributed by atoms with E-state index in [0.717, 1.165) is 42.2 Å². The summed E-state index contributed by atoms with van der Waals surface area (Å²) in [5.74, 6) is 1.02. The van der Waals surface area contributed by atoms with Crippen molar-refractivity contribution in [2.45, 2.75) is 46.6 Å². The maximum absolute atomic E-state index is 14.0. The number of nitrogens with one attached hydrogen (secondary N) is 1. The van der Waals surface area contributed by atoms with Gasteiger partial charge in [0.25, 0.3) is 0 Å². The number of rotatable bonds is 5. The van der Waals surface area contributed by atoms with Gasteiger partial charge in [0, 0.05) is 37.5 Å². The van der Waals surface area contributed by atoms with Gasteiger partial charge in [0.2, 0.25) is 0 Å². The maximum atomic E-state index is 14.0. The minimum Gasteiger partial charge on any atom is -0.497 e. The van der Waals surface area contributed by atoms with E-state index in [2.05, 4.69) is 23.3 Å². The molecule has 2 heterocycles. The number of likely N-dealkylation sites (N-methyl/N-ethyl adjacent to an activating group) is 1. The summed E-state index contributed by atoms with van der Waals surface area (Å²) in [6, 6.07) is 14.4. The molecule has 2 aromatic carbocycles. The Balaban J connectivity index is 0.000000329. The van der Waals surface area contributed by atoms with Gasteiger partial charge in [-0.1, -0.05) is 26.8 Å². The lowest BCUT2D eigenvalue weighted by Gasteiger charge is -2.32. The summed E-state index contributed by atoms with van der Waals surface area (Å²) in [7, 11) is 3.61. The van der Waals surface area contributed by atoms with Gasteiger partial charge in [-0.05, 0) is 62.4 Å². The van der Waals surface area contributed by atoms with Crippen LogP contribution < -0.4 is 15.1 Å². The lowest BCUT2D eigenvalue weighted by molar-refractivity contribution is -0.121. The highest BCUT2D eigenvalue weighted by molar-refractivity contribution is 5.82. The number of halogens is 1. The van der Waals surface area contributed by atoms with Crippen molar-refractivity contribution in [3.05, 3.63) is 65.5 Å². The van der Waals surface area contributed by atoms with Crippen LogP contribution in [0, 0.1) is 23.1 Å². The van der Waals surface area contributed by atoms with Crippen molar-refractivity contribution in [3.63, 3.8) is 0 Å². The van der Waals surface area contributed by atoms with Crippen molar-refractivity contribution < 1.29 is 13.9 Å². The molecule has 35 heavy (non-hydrogen) atoms. The Kier molecular flexibility index (Phi) is 10.9. The van der Waals surface area contributed by atoms with E-state index >= 15 is 0 Å². The highest BCUT2D eigenvalue weighted by Gasteiger charge is 2.29. The molecule has 188 valence electrons. The third-order valence-electron chi connectivity index (χ3n) is 6.10. The van der Waals surface area contributed by atoms with Crippen molar-refractivity contribution in [2.75, 3.05) is 32.3 Å². The quantitative estimate of drug-likeness (QED) is 0.618. The topological polar surface area (TPSA) is 68.6 Å². The Hall–Kier alpha value is -3.21. The Bertz CT molecular complexity index is 1040. The predicted octanol–water partition coefficient (Wildman–Crippen LogP) is 5.40. The summed E-state index contributed by atoms with van der Waals surface area (Å²) in [5, 5.41) is 16.2. The molecule has 0 amide bonds. The summed E-state index contributed by atoms with van der Waals surface area (Å²) in [5.41, 5.74) is 2.63. The molecule has 2 aliphatic rings. The van der Waals surface area contributed by atoms with Crippen molar-refractivity contribution in [3.8, 4) is 11.8 Å². The van der Waals surface area contributed by atoms with Crippen LogP contribution in [0.3, 0.4) is 0 Å². The van der Waals surface area contributed by atoms with Crippen LogP contribution in [0.4, 0.5) is 10.1 Å². The molecule has 2 atom stereocenters. The molecule has 0 spiro atoms. The zero-order chi connectivity index (χ0) is 26.0. The van der Waals surface area contributed by atoms with E-state index in [1.54, 1.807) is 13.2 Å². The van der Waals surface area contributed by atoms with Crippen LogP contribution in [0.25, 0.3) is 5.70 Å². The molecule has 1 fully saturated rings. The third kappa shape index (κ3) is 6.91. The molecule has 0 bridgehead atoms. The van der Waals surface area contributed by atoms with E-state index in [1.807, 2.05) is 63.2 Å². The molecule has 1 N–H and O–H groups in total. The van der Waals surface area contributed by atoms with Crippen LogP contribution in [-0.4, -0.2) is 44.1 Å². The molecule has 2 unspecified atom stereocenters. The van der Waals surface area contributed by atoms with Crippen LogP contribution in [0.1, 0.15) is 51.7 Å². The fourth-order valence-electron chi connectivity index (χ4n) is 4.01. The summed E-state index contributed by atoms with van der Waals surface area (Å²) in [6.07, 6.45) is 3.82. The third-order valence-corrected chi connectivity index (χ3v) is 6.10. The number of carbonyl (C=O) groups excluding carboxylic acids is 1. The Morgan fingerprint density at radius 2 is 1.91 bits per heavy atom. The second kappa shape index (κ2) is 13.6. The zero-order valence-electron chi connectivity index (χ0n) is 21.6. The van der Waals surface area contributed by atoms with Crippen molar-refractivity contribution >= 4 is 17.2 Å². The number of hydrogen-bond donors (Lipinski definition) is 1. The molecule has 6 nitrogen and oxygen atoms in total. The highest BCUT2D eigenvalue weighted by Crippen LogP contribution is 2.35. The minimum absolute atomic E-state index is 0.0507. The van der Waals surface area contributed by atoms with Crippen molar-refractivity contribution in [2.24, 2.45) is 5.92 Å². The van der Waals surface area contributed by atoms with Gasteiger partial charge in [0.1, 0.15) is 23.4 Å². The molecule has 2 aliphatic heterocycles. The van der Waals surface area contributed by atoms with Gasteiger partial charge in [-0.25, -0.2) is 9.40 Å². The zero-order valence-corrected chi connectivity index (χ0v) is 21.6. The molecule has 2 aromatic rings. The Morgan fingerprint density at radius 3 is 2.43 bits per heavy atom. The summed E-state index contributed by atoms with van der Waals surface area (Å²) < 4.78 is 19.2. The Morgan fingerprint density at radius 1 is 1.23 bits per heavy atom. The average molecular weight is 481 g/mol. The number of carbonyl (C=O) groups is 1. The number of benzene rings is 2. The van der Waals surface area contributed by atoms with E-state index in [-0.39, 0.29) is 11.6 Å². The van der Waals surface area contributed by atoms with E-state index in [9.17, 15) is 9.18 Å². The van der Waals surface area contributed by atoms with Gasteiger partial charge in [-0.2, -0.15) is 5.26 Å². The second-order valence-corrected chi connectivity index (χ2v) is 8.19. The van der Waals surface area contributed by atoms with Crippen molar-refractivity contribution in [1.82, 2.24) is 10.3 Å². The number of ether oxygens (including phenoxy) is 1. The SMILES string of the molecule is CC.CCC(=O)C1CCNC1.COc1ccc(N2C(c3ccc(C#N)c(F)c3)=CC(C)N2C)cc1. The van der Waals surface area contributed by atoms with Gasteiger partial charge < -0.3 is 10.1 Å². The van der Waals surface area contributed by atoms with Gasteiger partial charge in [-0.15, -0.1) is 0 Å². The van der Waals surface area contributed by atoms with Crippen LogP contribution >= 0.6 is 0 Å². The summed E-state index contributed by atoms with van der Waals surface area (Å²) in [6.45, 7) is 9.94. The smallest absolute Gasteiger partial charge is 0.141 e. The van der Waals surface area contributed by atoms with Gasteiger partial charge in [0.15, 0.2) is 0 Å². The van der Waals surface area contributed by atoms with Crippen LogP contribution in [0.5, 0.6) is 5.75 Å². The molecular weight excluding hydrogens is 443 g/mol. The molecule has 0 saturated carbocycles. The minimum atomic E-state index is -0.507. The van der Waals surface area contributed by atoms with Gasteiger partial charge in [0.05, 0.1) is 24.1 Å². The largest absolute Gasteiger partial charge is 0.497 e. The monoisotopic (exact) mass is 480 g/mol. The molecule has 4 rings (SSSR count). The fraction of sp³-hybridized carbons (Fsp3) is 0.429. The number of anilines is 1. The fourth-order valence-corrected chi connectivity index (χ4v) is 4.01. The van der Waals surface area contributed by atoms with E-state index in [4.69, 9.17) is 10.00 Å². The first-order valence-electron chi connectivity index (χ1n) is 12.2. The number of hydrazine groups is 1. The molecule has 0 aliphatic carbocycles. The van der Waals surface area contributed by atoms with Crippen LogP contribution in [-0.2, 0) is 4.79 Å². The van der Waals surface area contributed by atoms with E-state index in [0.29, 0.717) is 18.1 Å². The van der Waals surface area contributed by atoms with Crippen LogP contribution in [0.2, 0.25) is 0 Å². The van der Waals surface area contributed by atoms with E-state index in [1.165, 1.54) is 12.1 Å². The number of hydrogen-bond acceptors (Lipinski definition) is 6. The van der Waals surface area contributed by atoms with Crippen molar-refractivity contribution in [1.29, 1.82) is 5.26 Å². The number of Topliss-reactive ketones (excluding diaryl/α,β-unsaturated/α-hetero) is 1. The first-order valence-corrected chi connectivity index (χ1v) is 12.2. The van der Waals surface area contributed by atoms with Gasteiger partial charge >= 0.3 is 0 Å². The Labute approximate surface area is 209 Å². The standard InChI is InChI=1S/C19H18FN3O.C7H13NO.C2H6/c1-13-10-19(14-4-5-15(12-21)18(20)11-14)23(22(13)2)16-6-8-17(24-3)9-7-16;1-2-7(9)6-3-4-8-5-6;1-2/h4-11,13H,1-3H3;6,8H,2-5H2,1H3;1-2H3. The molecule has 0 radical (unpaired) electrons. The molecule has 1 saturated heterocycles. The maximum Gasteiger partial charge on any atom is 0.141 e. The molecular formula is C28H37FN4O2.